The Morgan fingerprint density at radius 2 is 2.28 bits per heavy atom. The van der Waals surface area contributed by atoms with Crippen LogP contribution in [0.5, 0.6) is 0 Å². The number of aromatic nitrogens is 2. The average Bonchev–Trinajstić information content (AvgIpc) is 2.90. The molecule has 18 heavy (non-hydrogen) atoms. The Morgan fingerprint density at radius 3 is 3.00 bits per heavy atom. The maximum Gasteiger partial charge on any atom is 0.251 e. The average molecular weight is 244 g/mol. The number of amides is 1. The minimum Gasteiger partial charge on any atom is -0.348 e. The van der Waals surface area contributed by atoms with Gasteiger partial charge >= 0.3 is 0 Å². The van der Waals surface area contributed by atoms with Crippen molar-refractivity contribution in [1.29, 1.82) is 0 Å². The number of hydrogen-bond donors (Lipinski definition) is 3. The first-order valence-corrected chi connectivity index (χ1v) is 5.84. The Kier molecular flexibility index (Phi) is 4.09. The molecule has 94 valence electrons. The fourth-order valence-electron chi connectivity index (χ4n) is 1.69. The van der Waals surface area contributed by atoms with E-state index in [9.17, 15) is 4.79 Å². The molecule has 5 nitrogen and oxygen atoms in total. The molecular weight excluding hydrogens is 228 g/mol. The van der Waals surface area contributed by atoms with Crippen LogP contribution in [0.15, 0.2) is 36.7 Å². The van der Waals surface area contributed by atoms with Crippen molar-refractivity contribution >= 4 is 5.91 Å². The Labute approximate surface area is 105 Å². The molecule has 0 bridgehead atoms. The van der Waals surface area contributed by atoms with Gasteiger partial charge in [-0.15, -0.1) is 0 Å². The summed E-state index contributed by atoms with van der Waals surface area (Å²) >= 11 is 0. The Balaban J connectivity index is 1.97. The summed E-state index contributed by atoms with van der Waals surface area (Å²) < 4.78 is 0. The lowest BCUT2D eigenvalue weighted by Crippen LogP contribution is -2.22. The van der Waals surface area contributed by atoms with Gasteiger partial charge in [-0.2, -0.15) is 5.10 Å². The van der Waals surface area contributed by atoms with E-state index < -0.39 is 0 Å². The van der Waals surface area contributed by atoms with Crippen LogP contribution in [-0.4, -0.2) is 22.6 Å². The molecule has 0 saturated carbocycles. The van der Waals surface area contributed by atoms with Crippen LogP contribution in [0, 0.1) is 0 Å². The number of benzene rings is 1. The topological polar surface area (TPSA) is 83.8 Å². The van der Waals surface area contributed by atoms with Crippen molar-refractivity contribution in [1.82, 2.24) is 15.5 Å². The van der Waals surface area contributed by atoms with E-state index in [1.54, 1.807) is 18.5 Å². The van der Waals surface area contributed by atoms with E-state index in [-0.39, 0.29) is 5.91 Å². The van der Waals surface area contributed by atoms with Crippen LogP contribution in [0.1, 0.15) is 21.5 Å². The van der Waals surface area contributed by atoms with E-state index in [4.69, 9.17) is 5.73 Å². The van der Waals surface area contributed by atoms with Crippen LogP contribution in [0.2, 0.25) is 0 Å². The van der Waals surface area contributed by atoms with Crippen LogP contribution >= 0.6 is 0 Å². The zero-order valence-corrected chi connectivity index (χ0v) is 10.0. The monoisotopic (exact) mass is 244 g/mol. The molecule has 0 spiro atoms. The van der Waals surface area contributed by atoms with Crippen molar-refractivity contribution in [2.24, 2.45) is 5.73 Å². The molecule has 0 aliphatic carbocycles. The predicted octanol–water partition coefficient (Wildman–Crippen LogP) is 0.841. The Bertz CT molecular complexity index is 507. The smallest absolute Gasteiger partial charge is 0.251 e. The highest BCUT2D eigenvalue weighted by atomic mass is 16.1. The molecule has 0 aliphatic heterocycles. The zero-order valence-electron chi connectivity index (χ0n) is 10.0. The molecule has 2 rings (SSSR count). The Morgan fingerprint density at radius 1 is 1.39 bits per heavy atom. The Hall–Kier alpha value is -2.14. The lowest BCUT2D eigenvalue weighted by Gasteiger charge is -2.05. The van der Waals surface area contributed by atoms with Crippen LogP contribution < -0.4 is 11.1 Å². The van der Waals surface area contributed by atoms with E-state index in [2.05, 4.69) is 15.5 Å². The maximum atomic E-state index is 11.9. The van der Waals surface area contributed by atoms with Gasteiger partial charge in [-0.25, -0.2) is 0 Å². The lowest BCUT2D eigenvalue weighted by molar-refractivity contribution is 0.0951. The fraction of sp³-hybridized carbons (Fsp3) is 0.231. The maximum absolute atomic E-state index is 11.9. The third kappa shape index (κ3) is 3.18. The van der Waals surface area contributed by atoms with Gasteiger partial charge in [0.15, 0.2) is 0 Å². The van der Waals surface area contributed by atoms with Crippen LogP contribution in [0.25, 0.3) is 0 Å². The van der Waals surface area contributed by atoms with Crippen molar-refractivity contribution in [3.8, 4) is 0 Å². The standard InChI is InChI=1S/C13H16N4O/c14-5-4-10-2-1-3-12(6-10)13(18)15-7-11-8-16-17-9-11/h1-3,6,8-9H,4-5,7,14H2,(H,15,18)(H,16,17). The van der Waals surface area contributed by atoms with Crippen molar-refractivity contribution in [2.75, 3.05) is 6.54 Å². The first-order valence-electron chi connectivity index (χ1n) is 5.84. The summed E-state index contributed by atoms with van der Waals surface area (Å²) in [6.07, 6.45) is 4.22. The minimum atomic E-state index is -0.0879. The van der Waals surface area contributed by atoms with Gasteiger partial charge in [-0.3, -0.25) is 9.89 Å². The number of carbonyl (C=O) groups is 1. The highest BCUT2D eigenvalue weighted by Crippen LogP contribution is 2.06. The predicted molar refractivity (Wildman–Crippen MR) is 69.0 cm³/mol. The van der Waals surface area contributed by atoms with Gasteiger partial charge in [-0.05, 0) is 30.7 Å². The molecule has 1 aromatic carbocycles. The number of rotatable bonds is 5. The second-order valence-electron chi connectivity index (χ2n) is 4.03. The van der Waals surface area contributed by atoms with Gasteiger partial charge in [0.05, 0.1) is 6.20 Å². The van der Waals surface area contributed by atoms with Crippen LogP contribution in [0.4, 0.5) is 0 Å². The molecule has 5 heteroatoms. The first kappa shape index (κ1) is 12.3. The summed E-state index contributed by atoms with van der Waals surface area (Å²) in [5.41, 5.74) is 8.18. The van der Waals surface area contributed by atoms with Crippen molar-refractivity contribution in [3.05, 3.63) is 53.3 Å². The lowest BCUT2D eigenvalue weighted by atomic mass is 10.1. The number of hydrogen-bond acceptors (Lipinski definition) is 3. The molecule has 0 atom stereocenters. The molecule has 0 radical (unpaired) electrons. The summed E-state index contributed by atoms with van der Waals surface area (Å²) in [5.74, 6) is -0.0879. The highest BCUT2D eigenvalue weighted by molar-refractivity contribution is 5.94. The molecule has 1 amide bonds. The molecule has 0 fully saturated rings. The van der Waals surface area contributed by atoms with Crippen LogP contribution in [0.3, 0.4) is 0 Å². The van der Waals surface area contributed by atoms with Gasteiger partial charge in [0, 0.05) is 23.9 Å². The van der Waals surface area contributed by atoms with E-state index in [0.717, 1.165) is 17.5 Å². The summed E-state index contributed by atoms with van der Waals surface area (Å²) in [6, 6.07) is 7.51. The van der Waals surface area contributed by atoms with E-state index in [0.29, 0.717) is 18.7 Å². The molecule has 0 aliphatic rings. The molecule has 4 N–H and O–H groups in total. The fourth-order valence-corrected chi connectivity index (χ4v) is 1.69. The second-order valence-corrected chi connectivity index (χ2v) is 4.03. The first-order chi connectivity index (χ1) is 8.79. The van der Waals surface area contributed by atoms with E-state index in [1.807, 2.05) is 18.2 Å². The molecule has 1 heterocycles. The van der Waals surface area contributed by atoms with E-state index >= 15 is 0 Å². The number of aromatic amines is 1. The van der Waals surface area contributed by atoms with Gasteiger partial charge < -0.3 is 11.1 Å². The second kappa shape index (κ2) is 5.97. The summed E-state index contributed by atoms with van der Waals surface area (Å²) in [6.45, 7) is 1.05. The van der Waals surface area contributed by atoms with E-state index in [1.165, 1.54) is 0 Å². The molecular formula is C13H16N4O. The summed E-state index contributed by atoms with van der Waals surface area (Å²) in [5, 5.41) is 9.37. The van der Waals surface area contributed by atoms with Gasteiger partial charge in [-0.1, -0.05) is 12.1 Å². The number of nitrogens with two attached hydrogens (primary N) is 1. The van der Waals surface area contributed by atoms with Crippen molar-refractivity contribution < 1.29 is 4.79 Å². The quantitative estimate of drug-likeness (QED) is 0.728. The number of H-pyrrole nitrogens is 1. The van der Waals surface area contributed by atoms with Gasteiger partial charge in [0.2, 0.25) is 0 Å². The van der Waals surface area contributed by atoms with Gasteiger partial charge in [0.1, 0.15) is 0 Å². The molecule has 0 unspecified atom stereocenters. The zero-order chi connectivity index (χ0) is 12.8. The largest absolute Gasteiger partial charge is 0.348 e. The normalized spacial score (nSPS) is 10.3. The van der Waals surface area contributed by atoms with Crippen LogP contribution in [-0.2, 0) is 13.0 Å². The number of carbonyl (C=O) groups excluding carboxylic acids is 1. The molecule has 1 aromatic heterocycles. The highest BCUT2D eigenvalue weighted by Gasteiger charge is 2.06. The van der Waals surface area contributed by atoms with Crippen molar-refractivity contribution in [3.63, 3.8) is 0 Å². The van der Waals surface area contributed by atoms with Crippen molar-refractivity contribution in [2.45, 2.75) is 13.0 Å². The molecule has 2 aromatic rings. The number of nitrogens with one attached hydrogen (secondary N) is 2. The number of nitrogens with zero attached hydrogens (tertiary/aromatic N) is 1. The third-order valence-electron chi connectivity index (χ3n) is 2.63. The van der Waals surface area contributed by atoms with Gasteiger partial charge in [0.25, 0.3) is 5.91 Å². The molecule has 0 saturated heterocycles. The third-order valence-corrected chi connectivity index (χ3v) is 2.63. The summed E-state index contributed by atoms with van der Waals surface area (Å²) in [7, 11) is 0. The summed E-state index contributed by atoms with van der Waals surface area (Å²) in [4.78, 5) is 11.9. The SMILES string of the molecule is NCCc1cccc(C(=O)NCc2cn[nH]c2)c1. The minimum absolute atomic E-state index is 0.0879.